The molecule has 0 bridgehead atoms. The minimum Gasteiger partial charge on any atom is -0.277 e. The summed E-state index contributed by atoms with van der Waals surface area (Å²) < 4.78 is 3.61. The Morgan fingerprint density at radius 1 is 1.33 bits per heavy atom. The third-order valence-corrected chi connectivity index (χ3v) is 3.07. The van der Waals surface area contributed by atoms with Crippen LogP contribution in [-0.4, -0.2) is 29.4 Å². The third kappa shape index (κ3) is 1.57. The summed E-state index contributed by atoms with van der Waals surface area (Å²) in [4.78, 5) is 3.98. The van der Waals surface area contributed by atoms with Gasteiger partial charge in [-0.2, -0.15) is 5.10 Å². The molecule has 92 valence electrons. The van der Waals surface area contributed by atoms with Gasteiger partial charge in [0.2, 0.25) is 0 Å². The maximum Gasteiger partial charge on any atom is 0.198 e. The SMILES string of the molecule is CCc1cc(-c2nnc3c(Cl)nccn23)n(C)n1. The molecule has 0 radical (unpaired) electrons. The lowest BCUT2D eigenvalue weighted by Crippen LogP contribution is -1.98. The molecule has 0 aliphatic heterocycles. The molecule has 0 N–H and O–H groups in total. The fourth-order valence-corrected chi connectivity index (χ4v) is 2.06. The fraction of sp³-hybridized carbons (Fsp3) is 0.273. The van der Waals surface area contributed by atoms with Gasteiger partial charge in [-0.3, -0.25) is 9.08 Å². The first-order chi connectivity index (χ1) is 8.70. The van der Waals surface area contributed by atoms with Crippen LogP contribution >= 0.6 is 11.6 Å². The van der Waals surface area contributed by atoms with Crippen molar-refractivity contribution in [3.05, 3.63) is 29.3 Å². The van der Waals surface area contributed by atoms with Gasteiger partial charge in [0.05, 0.1) is 5.69 Å². The third-order valence-electron chi connectivity index (χ3n) is 2.81. The summed E-state index contributed by atoms with van der Waals surface area (Å²) >= 11 is 5.97. The molecule has 0 atom stereocenters. The predicted octanol–water partition coefficient (Wildman–Crippen LogP) is 1.74. The molecule has 3 rings (SSSR count). The quantitative estimate of drug-likeness (QED) is 0.706. The van der Waals surface area contributed by atoms with Crippen molar-refractivity contribution in [2.45, 2.75) is 13.3 Å². The molecule has 3 aromatic rings. The molecule has 0 unspecified atom stereocenters. The second-order valence-electron chi connectivity index (χ2n) is 3.93. The molecule has 0 spiro atoms. The first-order valence-corrected chi connectivity index (χ1v) is 5.97. The molecule has 3 aromatic heterocycles. The fourth-order valence-electron chi connectivity index (χ4n) is 1.88. The largest absolute Gasteiger partial charge is 0.277 e. The lowest BCUT2D eigenvalue weighted by Gasteiger charge is -1.99. The van der Waals surface area contributed by atoms with Gasteiger partial charge in [0.1, 0.15) is 5.69 Å². The van der Waals surface area contributed by atoms with Crippen molar-refractivity contribution in [3.63, 3.8) is 0 Å². The summed E-state index contributed by atoms with van der Waals surface area (Å²) in [7, 11) is 1.89. The number of aryl methyl sites for hydroxylation is 2. The molecule has 0 aliphatic carbocycles. The molecule has 0 saturated heterocycles. The zero-order valence-corrected chi connectivity index (χ0v) is 10.8. The maximum atomic E-state index is 5.97. The lowest BCUT2D eigenvalue weighted by molar-refractivity contribution is 0.747. The van der Waals surface area contributed by atoms with Gasteiger partial charge in [-0.1, -0.05) is 18.5 Å². The molecule has 3 heterocycles. The number of rotatable bonds is 2. The van der Waals surface area contributed by atoms with E-state index in [1.165, 1.54) is 0 Å². The number of fused-ring (bicyclic) bond motifs is 1. The monoisotopic (exact) mass is 262 g/mol. The van der Waals surface area contributed by atoms with Gasteiger partial charge in [-0.25, -0.2) is 4.98 Å². The molecule has 0 fully saturated rings. The first-order valence-electron chi connectivity index (χ1n) is 5.59. The van der Waals surface area contributed by atoms with Crippen molar-refractivity contribution in [2.24, 2.45) is 7.05 Å². The Morgan fingerprint density at radius 3 is 2.89 bits per heavy atom. The summed E-state index contributed by atoms with van der Waals surface area (Å²) in [5, 5.41) is 13.0. The van der Waals surface area contributed by atoms with Crippen LogP contribution in [0.5, 0.6) is 0 Å². The van der Waals surface area contributed by atoms with Crippen LogP contribution in [0.1, 0.15) is 12.6 Å². The zero-order chi connectivity index (χ0) is 12.7. The Hall–Kier alpha value is -1.95. The molecule has 0 amide bonds. The van der Waals surface area contributed by atoms with E-state index in [2.05, 4.69) is 27.2 Å². The van der Waals surface area contributed by atoms with Gasteiger partial charge in [-0.15, -0.1) is 10.2 Å². The second-order valence-corrected chi connectivity index (χ2v) is 4.29. The highest BCUT2D eigenvalue weighted by Crippen LogP contribution is 2.21. The molecule has 18 heavy (non-hydrogen) atoms. The van der Waals surface area contributed by atoms with E-state index in [1.54, 1.807) is 17.1 Å². The first kappa shape index (κ1) is 11.2. The van der Waals surface area contributed by atoms with E-state index >= 15 is 0 Å². The van der Waals surface area contributed by atoms with Crippen molar-refractivity contribution in [2.75, 3.05) is 0 Å². The normalized spacial score (nSPS) is 11.3. The smallest absolute Gasteiger partial charge is 0.198 e. The van der Waals surface area contributed by atoms with Crippen LogP contribution in [0, 0.1) is 0 Å². The number of hydrogen-bond acceptors (Lipinski definition) is 4. The van der Waals surface area contributed by atoms with Gasteiger partial charge in [0, 0.05) is 19.4 Å². The van der Waals surface area contributed by atoms with E-state index in [9.17, 15) is 0 Å². The van der Waals surface area contributed by atoms with E-state index in [0.29, 0.717) is 16.6 Å². The molecule has 7 heteroatoms. The van der Waals surface area contributed by atoms with Crippen molar-refractivity contribution in [1.29, 1.82) is 0 Å². The number of nitrogens with zero attached hydrogens (tertiary/aromatic N) is 6. The van der Waals surface area contributed by atoms with Gasteiger partial charge in [0.15, 0.2) is 16.6 Å². The van der Waals surface area contributed by atoms with Crippen LogP contribution in [-0.2, 0) is 13.5 Å². The summed E-state index contributed by atoms with van der Waals surface area (Å²) in [5.74, 6) is 0.712. The highest BCUT2D eigenvalue weighted by Gasteiger charge is 2.14. The lowest BCUT2D eigenvalue weighted by atomic mass is 10.3. The summed E-state index contributed by atoms with van der Waals surface area (Å²) in [5.41, 5.74) is 2.47. The Morgan fingerprint density at radius 2 is 2.17 bits per heavy atom. The number of aromatic nitrogens is 6. The summed E-state index contributed by atoms with van der Waals surface area (Å²) in [6.07, 6.45) is 4.29. The zero-order valence-electron chi connectivity index (χ0n) is 10.0. The van der Waals surface area contributed by atoms with E-state index in [0.717, 1.165) is 17.8 Å². The highest BCUT2D eigenvalue weighted by atomic mass is 35.5. The average molecular weight is 263 g/mol. The predicted molar refractivity (Wildman–Crippen MR) is 67.4 cm³/mol. The van der Waals surface area contributed by atoms with Crippen LogP contribution in [0.2, 0.25) is 5.15 Å². The van der Waals surface area contributed by atoms with E-state index in [4.69, 9.17) is 11.6 Å². The average Bonchev–Trinajstić information content (AvgIpc) is 2.93. The summed E-state index contributed by atoms with van der Waals surface area (Å²) in [6, 6.07) is 2.00. The minimum atomic E-state index is 0.342. The van der Waals surface area contributed by atoms with Crippen molar-refractivity contribution < 1.29 is 0 Å². The summed E-state index contributed by atoms with van der Waals surface area (Å²) in [6.45, 7) is 2.06. The molecule has 6 nitrogen and oxygen atoms in total. The molecular weight excluding hydrogens is 252 g/mol. The number of halogens is 1. The van der Waals surface area contributed by atoms with Gasteiger partial charge < -0.3 is 0 Å². The number of hydrogen-bond donors (Lipinski definition) is 0. The standard InChI is InChI=1S/C11H11ClN6/c1-3-7-6-8(17(2)16-7)10-14-15-11-9(12)13-4-5-18(10)11/h4-6H,3H2,1-2H3. The topological polar surface area (TPSA) is 60.9 Å². The highest BCUT2D eigenvalue weighted by molar-refractivity contribution is 6.32. The molecule has 0 aliphatic rings. The van der Waals surface area contributed by atoms with Crippen molar-refractivity contribution >= 4 is 17.2 Å². The van der Waals surface area contributed by atoms with E-state index in [1.807, 2.05) is 17.5 Å². The van der Waals surface area contributed by atoms with Crippen LogP contribution in [0.25, 0.3) is 17.2 Å². The van der Waals surface area contributed by atoms with Crippen LogP contribution in [0.4, 0.5) is 0 Å². The van der Waals surface area contributed by atoms with Gasteiger partial charge >= 0.3 is 0 Å². The van der Waals surface area contributed by atoms with Crippen LogP contribution < -0.4 is 0 Å². The molecule has 0 aromatic carbocycles. The Kier molecular flexibility index (Phi) is 2.52. The molecule has 0 saturated carbocycles. The molecular formula is C11H11ClN6. The van der Waals surface area contributed by atoms with Crippen LogP contribution in [0.15, 0.2) is 18.5 Å². The van der Waals surface area contributed by atoms with Crippen molar-refractivity contribution in [3.8, 4) is 11.5 Å². The Labute approximate surface area is 108 Å². The van der Waals surface area contributed by atoms with Gasteiger partial charge in [-0.05, 0) is 12.5 Å². The van der Waals surface area contributed by atoms with Gasteiger partial charge in [0.25, 0.3) is 0 Å². The second kappa shape index (κ2) is 4.06. The maximum absolute atomic E-state index is 5.97. The van der Waals surface area contributed by atoms with E-state index in [-0.39, 0.29) is 0 Å². The van der Waals surface area contributed by atoms with Crippen LogP contribution in [0.3, 0.4) is 0 Å². The van der Waals surface area contributed by atoms with E-state index < -0.39 is 0 Å². The Bertz CT molecular complexity index is 713. The Balaban J connectivity index is 2.25. The van der Waals surface area contributed by atoms with Crippen molar-refractivity contribution in [1.82, 2.24) is 29.4 Å². The minimum absolute atomic E-state index is 0.342.